The van der Waals surface area contributed by atoms with E-state index in [1.807, 2.05) is 56.3 Å². The van der Waals surface area contributed by atoms with Crippen LogP contribution in [0.4, 0.5) is 0 Å². The van der Waals surface area contributed by atoms with E-state index in [-0.39, 0.29) is 42.9 Å². The molecule has 0 saturated carbocycles. The van der Waals surface area contributed by atoms with E-state index in [0.717, 1.165) is 11.1 Å². The average Bonchev–Trinajstić information content (AvgIpc) is 3.11. The van der Waals surface area contributed by atoms with Gasteiger partial charge in [0.1, 0.15) is 17.2 Å². The molecule has 0 radical (unpaired) electrons. The lowest BCUT2D eigenvalue weighted by atomic mass is 9.85. The SMILES string of the molecule is COCCCOc1cc2c(cc1COC)-c1c(c(O)c(C(=O)OC)c(=O)n1Cc1ccccc1)[C@H](C(C)C)CO2. The molecule has 1 N–H and O–H groups in total. The molecule has 0 fully saturated rings. The lowest BCUT2D eigenvalue weighted by molar-refractivity contribution is 0.0594. The van der Waals surface area contributed by atoms with Crippen LogP contribution in [0.25, 0.3) is 11.3 Å². The van der Waals surface area contributed by atoms with Crippen LogP contribution in [-0.4, -0.2) is 56.8 Å². The number of pyridine rings is 1. The summed E-state index contributed by atoms with van der Waals surface area (Å²) in [5.41, 5.74) is 2.16. The number of carbonyl (C=O) groups is 1. The third kappa shape index (κ3) is 5.85. The molecule has 0 unspecified atom stereocenters. The number of esters is 1. The van der Waals surface area contributed by atoms with E-state index in [1.54, 1.807) is 14.2 Å². The van der Waals surface area contributed by atoms with Crippen molar-refractivity contribution in [2.45, 2.75) is 39.3 Å². The molecule has 40 heavy (non-hydrogen) atoms. The number of aromatic nitrogens is 1. The maximum Gasteiger partial charge on any atom is 0.347 e. The van der Waals surface area contributed by atoms with Gasteiger partial charge in [-0.1, -0.05) is 44.2 Å². The van der Waals surface area contributed by atoms with Crippen LogP contribution >= 0.6 is 0 Å². The Morgan fingerprint density at radius 2 is 1.85 bits per heavy atom. The number of benzene rings is 2. The monoisotopic (exact) mass is 551 g/mol. The maximum absolute atomic E-state index is 13.9. The highest BCUT2D eigenvalue weighted by Gasteiger charge is 2.36. The predicted octanol–water partition coefficient (Wildman–Crippen LogP) is 4.75. The first kappa shape index (κ1) is 29.2. The molecular weight excluding hydrogens is 514 g/mol. The fourth-order valence-electron chi connectivity index (χ4n) is 5.06. The van der Waals surface area contributed by atoms with Gasteiger partial charge in [-0.05, 0) is 17.5 Å². The molecule has 9 heteroatoms. The lowest BCUT2D eigenvalue weighted by Crippen LogP contribution is -2.31. The summed E-state index contributed by atoms with van der Waals surface area (Å²) in [5, 5.41) is 11.5. The van der Waals surface area contributed by atoms with Gasteiger partial charge in [0.2, 0.25) is 0 Å². The van der Waals surface area contributed by atoms with Crippen LogP contribution in [0.15, 0.2) is 47.3 Å². The Morgan fingerprint density at radius 3 is 2.50 bits per heavy atom. The number of carbonyl (C=O) groups excluding carboxylic acids is 1. The van der Waals surface area contributed by atoms with Crippen LogP contribution in [0.5, 0.6) is 17.2 Å². The summed E-state index contributed by atoms with van der Waals surface area (Å²) in [4.78, 5) is 26.8. The lowest BCUT2D eigenvalue weighted by Gasteiger charge is -2.25. The highest BCUT2D eigenvalue weighted by Crippen LogP contribution is 2.47. The average molecular weight is 552 g/mol. The van der Waals surface area contributed by atoms with E-state index in [9.17, 15) is 14.7 Å². The summed E-state index contributed by atoms with van der Waals surface area (Å²) in [6.45, 7) is 5.68. The minimum atomic E-state index is -0.889. The van der Waals surface area contributed by atoms with Gasteiger partial charge in [-0.15, -0.1) is 0 Å². The molecule has 214 valence electrons. The molecule has 0 amide bonds. The van der Waals surface area contributed by atoms with Gasteiger partial charge >= 0.3 is 5.97 Å². The summed E-state index contributed by atoms with van der Waals surface area (Å²) in [6, 6.07) is 13.2. The molecule has 2 heterocycles. The number of hydrogen-bond donors (Lipinski definition) is 1. The van der Waals surface area contributed by atoms with E-state index < -0.39 is 11.5 Å². The number of fused-ring (bicyclic) bond motifs is 3. The van der Waals surface area contributed by atoms with Gasteiger partial charge < -0.3 is 33.4 Å². The first-order valence-corrected chi connectivity index (χ1v) is 13.3. The number of ether oxygens (including phenoxy) is 5. The van der Waals surface area contributed by atoms with Gasteiger partial charge in [0.25, 0.3) is 5.56 Å². The smallest absolute Gasteiger partial charge is 0.347 e. The summed E-state index contributed by atoms with van der Waals surface area (Å²) in [5.74, 6) is -0.467. The minimum absolute atomic E-state index is 0.00958. The van der Waals surface area contributed by atoms with Crippen molar-refractivity contribution in [2.75, 3.05) is 41.2 Å². The van der Waals surface area contributed by atoms with E-state index in [1.165, 1.54) is 11.7 Å². The van der Waals surface area contributed by atoms with Crippen LogP contribution < -0.4 is 15.0 Å². The van der Waals surface area contributed by atoms with Crippen LogP contribution in [0.2, 0.25) is 0 Å². The molecule has 9 nitrogen and oxygen atoms in total. The fourth-order valence-corrected chi connectivity index (χ4v) is 5.06. The van der Waals surface area contributed by atoms with Crippen LogP contribution in [0.3, 0.4) is 0 Å². The largest absolute Gasteiger partial charge is 0.506 e. The molecule has 4 rings (SSSR count). The van der Waals surface area contributed by atoms with Crippen molar-refractivity contribution in [3.63, 3.8) is 0 Å². The number of rotatable bonds is 11. The zero-order valence-corrected chi connectivity index (χ0v) is 23.7. The second kappa shape index (κ2) is 13.0. The molecule has 2 aromatic carbocycles. The van der Waals surface area contributed by atoms with Crippen molar-refractivity contribution >= 4 is 5.97 Å². The minimum Gasteiger partial charge on any atom is -0.506 e. The number of hydrogen-bond acceptors (Lipinski definition) is 8. The predicted molar refractivity (Wildman–Crippen MR) is 150 cm³/mol. The topological polar surface area (TPSA) is 105 Å². The highest BCUT2D eigenvalue weighted by molar-refractivity contribution is 5.94. The zero-order chi connectivity index (χ0) is 28.8. The summed E-state index contributed by atoms with van der Waals surface area (Å²) in [6.07, 6.45) is 0.708. The molecular formula is C31H37NO8. The molecule has 1 aromatic heterocycles. The molecule has 0 aliphatic carbocycles. The third-order valence-corrected chi connectivity index (χ3v) is 7.11. The maximum atomic E-state index is 13.9. The second-order valence-corrected chi connectivity index (χ2v) is 10.1. The molecule has 1 atom stereocenters. The Kier molecular flexibility index (Phi) is 9.50. The number of methoxy groups -OCH3 is 3. The Bertz CT molecular complexity index is 1400. The van der Waals surface area contributed by atoms with Crippen molar-refractivity contribution in [1.82, 2.24) is 4.57 Å². The Balaban J connectivity index is 2.04. The summed E-state index contributed by atoms with van der Waals surface area (Å²) in [7, 11) is 4.43. The normalized spacial score (nSPS) is 14.2. The summed E-state index contributed by atoms with van der Waals surface area (Å²) >= 11 is 0. The van der Waals surface area contributed by atoms with Crippen molar-refractivity contribution in [2.24, 2.45) is 5.92 Å². The quantitative estimate of drug-likeness (QED) is 0.269. The second-order valence-electron chi connectivity index (χ2n) is 10.1. The third-order valence-electron chi connectivity index (χ3n) is 7.11. The van der Waals surface area contributed by atoms with Crippen molar-refractivity contribution in [3.8, 4) is 28.5 Å². The van der Waals surface area contributed by atoms with Gasteiger partial charge in [0, 0.05) is 55.9 Å². The Labute approximate surface area is 234 Å². The molecule has 1 aliphatic heterocycles. The van der Waals surface area contributed by atoms with Gasteiger partial charge in [-0.2, -0.15) is 0 Å². The van der Waals surface area contributed by atoms with Crippen LogP contribution in [-0.2, 0) is 27.4 Å². The van der Waals surface area contributed by atoms with Gasteiger partial charge in [0.05, 0.1) is 39.2 Å². The first-order valence-electron chi connectivity index (χ1n) is 13.3. The van der Waals surface area contributed by atoms with Crippen LogP contribution in [0.1, 0.15) is 53.2 Å². The van der Waals surface area contributed by atoms with Crippen LogP contribution in [0, 0.1) is 5.92 Å². The highest BCUT2D eigenvalue weighted by atomic mass is 16.5. The first-order chi connectivity index (χ1) is 19.3. The summed E-state index contributed by atoms with van der Waals surface area (Å²) < 4.78 is 29.5. The van der Waals surface area contributed by atoms with Crippen molar-refractivity contribution < 1.29 is 33.6 Å². The van der Waals surface area contributed by atoms with E-state index in [4.69, 9.17) is 23.7 Å². The molecule has 0 saturated heterocycles. The Morgan fingerprint density at radius 1 is 1.10 bits per heavy atom. The molecule has 0 spiro atoms. The van der Waals surface area contributed by atoms with Gasteiger partial charge in [-0.3, -0.25) is 4.79 Å². The zero-order valence-electron chi connectivity index (χ0n) is 23.7. The van der Waals surface area contributed by atoms with E-state index in [2.05, 4.69) is 0 Å². The van der Waals surface area contributed by atoms with Gasteiger partial charge in [0.15, 0.2) is 5.56 Å². The van der Waals surface area contributed by atoms with E-state index in [0.29, 0.717) is 48.0 Å². The van der Waals surface area contributed by atoms with Gasteiger partial charge in [-0.25, -0.2) is 4.79 Å². The van der Waals surface area contributed by atoms with E-state index >= 15 is 0 Å². The molecule has 3 aromatic rings. The number of nitrogens with zero attached hydrogens (tertiary/aromatic N) is 1. The Hall–Kier alpha value is -3.82. The number of aromatic hydroxyl groups is 1. The fraction of sp³-hybridized carbons (Fsp3) is 0.419. The molecule has 0 bridgehead atoms. The molecule has 1 aliphatic rings. The van der Waals surface area contributed by atoms with Crippen molar-refractivity contribution in [1.29, 1.82) is 0 Å². The standard InChI is InChI=1S/C31H37NO8/c1-19(2)23-18-40-25-15-24(39-13-9-12-36-3)21(17-37-4)14-22(25)28-26(23)29(33)27(31(35)38-5)30(34)32(28)16-20-10-7-6-8-11-20/h6-8,10-11,14-15,19,23,33H,9,12-13,16-18H2,1-5H3/t23-/m0/s1. The van der Waals surface area contributed by atoms with Crippen molar-refractivity contribution in [3.05, 3.63) is 75.1 Å².